The first kappa shape index (κ1) is 18.0. The van der Waals surface area contributed by atoms with E-state index in [0.717, 1.165) is 31.2 Å². The monoisotopic (exact) mass is 354 g/mol. The molecule has 0 saturated heterocycles. The summed E-state index contributed by atoms with van der Waals surface area (Å²) < 4.78 is 33.5. The zero-order chi connectivity index (χ0) is 17.1. The van der Waals surface area contributed by atoms with Crippen LogP contribution in [-0.2, 0) is 14.4 Å². The van der Waals surface area contributed by atoms with Crippen molar-refractivity contribution in [2.45, 2.75) is 63.2 Å². The second-order valence-electron chi connectivity index (χ2n) is 7.01. The standard InChI is InChI=1S/C16H26N2O3SSi/c1-13-9-11-15(12-10-13)22(19,20)18-16(21-23(2,3)4)17-14-7-5-6-8-14/h9-12,14H,5-8H2,1-4H3,(H,17,18). The summed E-state index contributed by atoms with van der Waals surface area (Å²) in [6.07, 6.45) is 4.26. The lowest BCUT2D eigenvalue weighted by Gasteiger charge is -2.22. The number of nitrogens with one attached hydrogen (secondary N) is 1. The lowest BCUT2D eigenvalue weighted by Crippen LogP contribution is -2.40. The molecule has 23 heavy (non-hydrogen) atoms. The van der Waals surface area contributed by atoms with Crippen molar-refractivity contribution in [2.75, 3.05) is 0 Å². The molecule has 1 fully saturated rings. The van der Waals surface area contributed by atoms with Crippen molar-refractivity contribution >= 4 is 24.4 Å². The zero-order valence-corrected chi connectivity index (χ0v) is 16.1. The largest absolute Gasteiger partial charge is 0.519 e. The zero-order valence-electron chi connectivity index (χ0n) is 14.3. The number of aryl methyl sites for hydroxylation is 1. The van der Waals surface area contributed by atoms with Crippen molar-refractivity contribution in [3.8, 4) is 0 Å². The number of aliphatic imine (C=N–C) groups is 1. The van der Waals surface area contributed by atoms with E-state index in [-0.39, 0.29) is 17.0 Å². The van der Waals surface area contributed by atoms with Crippen molar-refractivity contribution in [3.63, 3.8) is 0 Å². The Morgan fingerprint density at radius 3 is 2.26 bits per heavy atom. The summed E-state index contributed by atoms with van der Waals surface area (Å²) in [4.78, 5) is 4.75. The second-order valence-corrected chi connectivity index (χ2v) is 13.1. The molecule has 1 aliphatic rings. The SMILES string of the molecule is Cc1ccc(S(=O)(=O)NC(=NC2CCCC2)O[Si](C)(C)C)cc1. The predicted octanol–water partition coefficient (Wildman–Crippen LogP) is 3.42. The Morgan fingerprint density at radius 1 is 1.17 bits per heavy atom. The quantitative estimate of drug-likeness (QED) is 0.512. The molecular formula is C16H26N2O3SSi. The molecule has 1 aliphatic carbocycles. The molecular weight excluding hydrogens is 328 g/mol. The topological polar surface area (TPSA) is 67.8 Å². The third kappa shape index (κ3) is 5.66. The summed E-state index contributed by atoms with van der Waals surface area (Å²) in [7, 11) is -5.63. The van der Waals surface area contributed by atoms with E-state index in [1.807, 2.05) is 26.6 Å². The van der Waals surface area contributed by atoms with Crippen LogP contribution in [0.3, 0.4) is 0 Å². The van der Waals surface area contributed by atoms with Gasteiger partial charge in [-0.25, -0.2) is 18.1 Å². The Kier molecular flexibility index (Phi) is 5.51. The van der Waals surface area contributed by atoms with Gasteiger partial charge in [-0.2, -0.15) is 0 Å². The van der Waals surface area contributed by atoms with Crippen LogP contribution in [0, 0.1) is 6.92 Å². The van der Waals surface area contributed by atoms with Gasteiger partial charge in [0, 0.05) is 0 Å². The maximum Gasteiger partial charge on any atom is 0.285 e. The maximum absolute atomic E-state index is 12.6. The molecule has 1 saturated carbocycles. The van der Waals surface area contributed by atoms with Crippen molar-refractivity contribution in [2.24, 2.45) is 4.99 Å². The fourth-order valence-corrected chi connectivity index (χ4v) is 4.15. The number of hydrogen-bond acceptors (Lipinski definition) is 4. The summed E-state index contributed by atoms with van der Waals surface area (Å²) >= 11 is 0. The Morgan fingerprint density at radius 2 is 1.74 bits per heavy atom. The van der Waals surface area contributed by atoms with Gasteiger partial charge in [-0.1, -0.05) is 30.5 Å². The van der Waals surface area contributed by atoms with E-state index in [2.05, 4.69) is 9.71 Å². The summed E-state index contributed by atoms with van der Waals surface area (Å²) in [5.41, 5.74) is 1.02. The lowest BCUT2D eigenvalue weighted by molar-refractivity contribution is 0.513. The third-order valence-corrected chi connectivity index (χ3v) is 5.72. The lowest BCUT2D eigenvalue weighted by atomic mass is 10.2. The number of benzene rings is 1. The Bertz CT molecular complexity index is 658. The molecule has 1 N–H and O–H groups in total. The van der Waals surface area contributed by atoms with Crippen LogP contribution < -0.4 is 4.72 Å². The number of sulfonamides is 1. The highest BCUT2D eigenvalue weighted by molar-refractivity contribution is 7.90. The van der Waals surface area contributed by atoms with Crippen molar-refractivity contribution in [1.82, 2.24) is 4.72 Å². The van der Waals surface area contributed by atoms with Gasteiger partial charge in [-0.05, 0) is 51.5 Å². The highest BCUT2D eigenvalue weighted by atomic mass is 32.2. The van der Waals surface area contributed by atoms with Gasteiger partial charge in [0.05, 0.1) is 10.9 Å². The molecule has 2 rings (SSSR count). The van der Waals surface area contributed by atoms with E-state index >= 15 is 0 Å². The Labute approximate surface area is 140 Å². The fourth-order valence-electron chi connectivity index (χ4n) is 2.45. The van der Waals surface area contributed by atoms with E-state index in [4.69, 9.17) is 4.43 Å². The van der Waals surface area contributed by atoms with Crippen molar-refractivity contribution in [3.05, 3.63) is 29.8 Å². The first-order chi connectivity index (χ1) is 10.7. The highest BCUT2D eigenvalue weighted by Gasteiger charge is 2.25. The number of amidine groups is 1. The molecule has 0 aliphatic heterocycles. The number of hydrogen-bond donors (Lipinski definition) is 1. The van der Waals surface area contributed by atoms with Crippen molar-refractivity contribution < 1.29 is 12.8 Å². The normalized spacial score (nSPS) is 17.3. The summed E-state index contributed by atoms with van der Waals surface area (Å²) in [5.74, 6) is 0. The van der Waals surface area contributed by atoms with Crippen LogP contribution in [0.25, 0.3) is 0 Å². The van der Waals surface area contributed by atoms with Crippen LogP contribution >= 0.6 is 0 Å². The molecule has 0 aromatic heterocycles. The molecule has 7 heteroatoms. The van der Waals surface area contributed by atoms with Gasteiger partial charge >= 0.3 is 0 Å². The van der Waals surface area contributed by atoms with Gasteiger partial charge in [-0.15, -0.1) is 0 Å². The van der Waals surface area contributed by atoms with Crippen LogP contribution in [0.1, 0.15) is 31.2 Å². The average Bonchev–Trinajstić information content (AvgIpc) is 2.89. The predicted molar refractivity (Wildman–Crippen MR) is 95.6 cm³/mol. The smallest absolute Gasteiger partial charge is 0.285 e. The van der Waals surface area contributed by atoms with Crippen LogP contribution in [-0.4, -0.2) is 28.8 Å². The van der Waals surface area contributed by atoms with E-state index in [9.17, 15) is 8.42 Å². The van der Waals surface area contributed by atoms with E-state index in [1.54, 1.807) is 24.3 Å². The van der Waals surface area contributed by atoms with Crippen LogP contribution in [0.4, 0.5) is 0 Å². The van der Waals surface area contributed by atoms with Gasteiger partial charge in [0.25, 0.3) is 16.0 Å². The highest BCUT2D eigenvalue weighted by Crippen LogP contribution is 2.21. The summed E-state index contributed by atoms with van der Waals surface area (Å²) in [5, 5.41) is 0. The van der Waals surface area contributed by atoms with Gasteiger partial charge in [0.1, 0.15) is 0 Å². The van der Waals surface area contributed by atoms with E-state index in [0.29, 0.717) is 0 Å². The molecule has 0 unspecified atom stereocenters. The first-order valence-electron chi connectivity index (χ1n) is 8.02. The van der Waals surface area contributed by atoms with Crippen molar-refractivity contribution in [1.29, 1.82) is 0 Å². The molecule has 1 aromatic rings. The van der Waals surface area contributed by atoms with Gasteiger partial charge in [-0.3, -0.25) is 0 Å². The number of nitrogens with zero attached hydrogens (tertiary/aromatic N) is 1. The molecule has 0 atom stereocenters. The summed E-state index contributed by atoms with van der Waals surface area (Å²) in [6, 6.07) is 7.06. The molecule has 1 aromatic carbocycles. The van der Waals surface area contributed by atoms with Gasteiger partial charge < -0.3 is 4.43 Å². The van der Waals surface area contributed by atoms with E-state index in [1.165, 1.54) is 0 Å². The molecule has 0 bridgehead atoms. The molecule has 0 amide bonds. The molecule has 0 spiro atoms. The van der Waals surface area contributed by atoms with Crippen LogP contribution in [0.2, 0.25) is 19.6 Å². The Hall–Kier alpha value is -1.34. The van der Waals surface area contributed by atoms with Crippen LogP contribution in [0.15, 0.2) is 34.2 Å². The minimum absolute atomic E-state index is 0.150. The number of rotatable bonds is 4. The van der Waals surface area contributed by atoms with Gasteiger partial charge in [0.15, 0.2) is 0 Å². The minimum atomic E-state index is -3.67. The molecule has 0 heterocycles. The molecule has 128 valence electrons. The fraction of sp³-hybridized carbons (Fsp3) is 0.562. The second kappa shape index (κ2) is 7.05. The van der Waals surface area contributed by atoms with E-state index < -0.39 is 18.3 Å². The summed E-state index contributed by atoms with van der Waals surface area (Å²) in [6.45, 7) is 7.96. The van der Waals surface area contributed by atoms with Crippen LogP contribution in [0.5, 0.6) is 0 Å². The van der Waals surface area contributed by atoms with Gasteiger partial charge in [0.2, 0.25) is 8.32 Å². The first-order valence-corrected chi connectivity index (χ1v) is 12.9. The maximum atomic E-state index is 12.6. The third-order valence-electron chi connectivity index (χ3n) is 3.58. The minimum Gasteiger partial charge on any atom is -0.519 e. The Balaban J connectivity index is 2.23. The average molecular weight is 355 g/mol. The molecule has 0 radical (unpaired) electrons. The molecule has 5 nitrogen and oxygen atoms in total.